The van der Waals surface area contributed by atoms with E-state index in [0.29, 0.717) is 0 Å². The monoisotopic (exact) mass is 699 g/mol. The Hall–Kier alpha value is -7.22. The van der Waals surface area contributed by atoms with Gasteiger partial charge in [0.05, 0.1) is 0 Å². The van der Waals surface area contributed by atoms with Crippen LogP contribution in [0.2, 0.25) is 0 Å². The third-order valence-electron chi connectivity index (χ3n) is 10.7. The highest BCUT2D eigenvalue weighted by Crippen LogP contribution is 2.38. The van der Waals surface area contributed by atoms with Gasteiger partial charge in [0.2, 0.25) is 0 Å². The van der Waals surface area contributed by atoms with Crippen LogP contribution in [-0.2, 0) is 0 Å². The Morgan fingerprint density at radius 1 is 0.273 bits per heavy atom. The quantitative estimate of drug-likeness (QED) is 0.150. The number of hydrogen-bond donors (Lipinski definition) is 0. The summed E-state index contributed by atoms with van der Waals surface area (Å²) in [5.41, 5.74) is 10.7. The molecule has 0 radical (unpaired) electrons. The third kappa shape index (κ3) is 6.43. The maximum atomic E-state index is 2.34. The minimum atomic E-state index is 1.13. The Balaban J connectivity index is 0.933. The Labute approximate surface area is 321 Å². The molecule has 0 saturated carbocycles. The first-order valence-corrected chi connectivity index (χ1v) is 18.9. The number of rotatable bonds is 7. The third-order valence-corrected chi connectivity index (χ3v) is 10.7. The highest BCUT2D eigenvalue weighted by molar-refractivity contribution is 6.02. The van der Waals surface area contributed by atoms with Gasteiger partial charge in [0.25, 0.3) is 0 Å². The molecule has 1 heteroatoms. The molecule has 10 rings (SSSR count). The number of benzene rings is 10. The van der Waals surface area contributed by atoms with Gasteiger partial charge in [-0.1, -0.05) is 158 Å². The second kappa shape index (κ2) is 14.0. The van der Waals surface area contributed by atoms with E-state index in [4.69, 9.17) is 0 Å². The van der Waals surface area contributed by atoms with Crippen LogP contribution in [0, 0.1) is 0 Å². The van der Waals surface area contributed by atoms with E-state index in [1.165, 1.54) is 76.5 Å². The maximum absolute atomic E-state index is 2.34. The van der Waals surface area contributed by atoms with Crippen LogP contribution >= 0.6 is 0 Å². The smallest absolute Gasteiger partial charge is 0.0468 e. The summed E-state index contributed by atoms with van der Waals surface area (Å²) in [7, 11) is 0. The van der Waals surface area contributed by atoms with Crippen molar-refractivity contribution in [1.82, 2.24) is 0 Å². The second-order valence-corrected chi connectivity index (χ2v) is 14.3. The highest BCUT2D eigenvalue weighted by atomic mass is 15.1. The molecule has 0 heterocycles. The van der Waals surface area contributed by atoms with Crippen LogP contribution in [-0.4, -0.2) is 0 Å². The van der Waals surface area contributed by atoms with E-state index in [0.717, 1.165) is 17.1 Å². The van der Waals surface area contributed by atoms with Crippen LogP contribution in [0.25, 0.3) is 77.5 Å². The fourth-order valence-corrected chi connectivity index (χ4v) is 7.91. The number of fused-ring (bicyclic) bond motifs is 4. The van der Waals surface area contributed by atoms with E-state index in [1.54, 1.807) is 0 Å². The summed E-state index contributed by atoms with van der Waals surface area (Å²) in [5.74, 6) is 0. The van der Waals surface area contributed by atoms with Crippen molar-refractivity contribution in [3.8, 4) is 22.3 Å². The predicted molar refractivity (Wildman–Crippen MR) is 237 cm³/mol. The molecule has 0 aromatic heterocycles. The summed E-state index contributed by atoms with van der Waals surface area (Å²) < 4.78 is 0. The second-order valence-electron chi connectivity index (χ2n) is 14.3. The van der Waals surface area contributed by atoms with Gasteiger partial charge in [-0.2, -0.15) is 0 Å². The Morgan fingerprint density at radius 3 is 1.47 bits per heavy atom. The van der Waals surface area contributed by atoms with Crippen LogP contribution in [0.1, 0.15) is 11.1 Å². The number of anilines is 3. The molecule has 0 aliphatic carbocycles. The van der Waals surface area contributed by atoms with Gasteiger partial charge < -0.3 is 4.90 Å². The van der Waals surface area contributed by atoms with Crippen molar-refractivity contribution < 1.29 is 0 Å². The summed E-state index contributed by atoms with van der Waals surface area (Å²) in [5, 5.41) is 9.88. The molecule has 0 N–H and O–H groups in total. The molecule has 0 amide bonds. The molecule has 1 nitrogen and oxygen atoms in total. The van der Waals surface area contributed by atoms with Crippen molar-refractivity contribution >= 4 is 72.3 Å². The standard InChI is InChI=1S/C54H37N/c1-3-11-40(12-4-1)49-34-47-15-9-10-18-53(47)54(37-49)48-26-25-43-31-38(21-23-45(43)33-48)19-20-39-22-24-46-36-52(30-28-44(46)32-39)55(50-16-5-2-6-17-50)51-29-27-41-13-7-8-14-42(41)35-51/h1-37H/b20-19+. The van der Waals surface area contributed by atoms with E-state index >= 15 is 0 Å². The van der Waals surface area contributed by atoms with Crippen molar-refractivity contribution in [3.05, 3.63) is 223 Å². The van der Waals surface area contributed by atoms with Crippen LogP contribution < -0.4 is 4.90 Å². The van der Waals surface area contributed by atoms with E-state index in [1.807, 2.05) is 0 Å². The minimum absolute atomic E-state index is 1.13. The first kappa shape index (κ1) is 32.4. The topological polar surface area (TPSA) is 3.24 Å². The predicted octanol–water partition coefficient (Wildman–Crippen LogP) is 15.3. The lowest BCUT2D eigenvalue weighted by Gasteiger charge is -2.26. The van der Waals surface area contributed by atoms with Gasteiger partial charge in [-0.15, -0.1) is 0 Å². The zero-order valence-electron chi connectivity index (χ0n) is 30.3. The zero-order chi connectivity index (χ0) is 36.6. The number of para-hydroxylation sites is 1. The Morgan fingerprint density at radius 2 is 0.764 bits per heavy atom. The fourth-order valence-electron chi connectivity index (χ4n) is 7.91. The van der Waals surface area contributed by atoms with E-state index < -0.39 is 0 Å². The molecule has 55 heavy (non-hydrogen) atoms. The molecule has 10 aromatic carbocycles. The van der Waals surface area contributed by atoms with Gasteiger partial charge in [-0.25, -0.2) is 0 Å². The fraction of sp³-hybridized carbons (Fsp3) is 0. The molecular weight excluding hydrogens is 663 g/mol. The van der Waals surface area contributed by atoms with E-state index in [-0.39, 0.29) is 0 Å². The lowest BCUT2D eigenvalue weighted by Crippen LogP contribution is -2.09. The molecule has 10 aromatic rings. The average molecular weight is 700 g/mol. The van der Waals surface area contributed by atoms with Crippen molar-refractivity contribution in [3.63, 3.8) is 0 Å². The summed E-state index contributed by atoms with van der Waals surface area (Å²) in [6.07, 6.45) is 4.44. The van der Waals surface area contributed by atoms with Crippen LogP contribution in [0.4, 0.5) is 17.1 Å². The van der Waals surface area contributed by atoms with Crippen molar-refractivity contribution in [1.29, 1.82) is 0 Å². The van der Waals surface area contributed by atoms with Crippen molar-refractivity contribution in [2.75, 3.05) is 4.90 Å². The summed E-state index contributed by atoms with van der Waals surface area (Å²) >= 11 is 0. The molecule has 0 spiro atoms. The van der Waals surface area contributed by atoms with E-state index in [2.05, 4.69) is 229 Å². The van der Waals surface area contributed by atoms with Gasteiger partial charge >= 0.3 is 0 Å². The molecule has 0 atom stereocenters. The molecule has 0 bridgehead atoms. The molecule has 0 aliphatic rings. The van der Waals surface area contributed by atoms with Crippen LogP contribution in [0.15, 0.2) is 212 Å². The number of hydrogen-bond acceptors (Lipinski definition) is 1. The molecule has 0 fully saturated rings. The van der Waals surface area contributed by atoms with E-state index in [9.17, 15) is 0 Å². The van der Waals surface area contributed by atoms with Gasteiger partial charge in [-0.05, 0) is 143 Å². The highest BCUT2D eigenvalue weighted by Gasteiger charge is 2.14. The Bertz CT molecular complexity index is 3030. The summed E-state index contributed by atoms with van der Waals surface area (Å²) in [4.78, 5) is 2.34. The van der Waals surface area contributed by atoms with Gasteiger partial charge in [0.1, 0.15) is 0 Å². The molecular formula is C54H37N. The Kier molecular flexibility index (Phi) is 8.24. The van der Waals surface area contributed by atoms with Gasteiger partial charge in [0.15, 0.2) is 0 Å². The lowest BCUT2D eigenvalue weighted by molar-refractivity contribution is 1.29. The minimum Gasteiger partial charge on any atom is -0.310 e. The molecule has 258 valence electrons. The maximum Gasteiger partial charge on any atom is 0.0468 e. The normalized spacial score (nSPS) is 11.6. The first-order valence-electron chi connectivity index (χ1n) is 18.9. The summed E-state index contributed by atoms with van der Waals surface area (Å²) in [6, 6.07) is 77.0. The summed E-state index contributed by atoms with van der Waals surface area (Å²) in [6.45, 7) is 0. The molecule has 0 saturated heterocycles. The first-order chi connectivity index (χ1) is 27.2. The van der Waals surface area contributed by atoms with Gasteiger partial charge in [0, 0.05) is 17.1 Å². The zero-order valence-corrected chi connectivity index (χ0v) is 30.3. The number of nitrogens with zero attached hydrogens (tertiary/aromatic N) is 1. The largest absolute Gasteiger partial charge is 0.310 e. The van der Waals surface area contributed by atoms with Crippen molar-refractivity contribution in [2.45, 2.75) is 0 Å². The lowest BCUT2D eigenvalue weighted by atomic mass is 9.92. The van der Waals surface area contributed by atoms with Crippen molar-refractivity contribution in [2.24, 2.45) is 0 Å². The SMILES string of the molecule is C(=C\c1ccc2cc(N(c3ccccc3)c3ccc4ccccc4c3)ccc2c1)/c1ccc2cc(-c3cc(-c4ccccc4)cc4ccccc34)ccc2c1. The average Bonchev–Trinajstić information content (AvgIpc) is 3.25. The van der Waals surface area contributed by atoms with Gasteiger partial charge in [-0.3, -0.25) is 0 Å². The van der Waals surface area contributed by atoms with Crippen LogP contribution in [0.3, 0.4) is 0 Å². The molecule has 0 aliphatic heterocycles. The molecule has 0 unspecified atom stereocenters. The van der Waals surface area contributed by atoms with Crippen LogP contribution in [0.5, 0.6) is 0 Å².